The third kappa shape index (κ3) is 4.40. The van der Waals surface area contributed by atoms with Gasteiger partial charge in [-0.15, -0.1) is 0 Å². The Bertz CT molecular complexity index is 501. The van der Waals surface area contributed by atoms with Gasteiger partial charge in [0.15, 0.2) is 0 Å². The lowest BCUT2D eigenvalue weighted by molar-refractivity contribution is -0.145. The van der Waals surface area contributed by atoms with Gasteiger partial charge in [0.05, 0.1) is 6.42 Å². The molecule has 1 atom stereocenters. The Labute approximate surface area is 109 Å². The van der Waals surface area contributed by atoms with Crippen molar-refractivity contribution in [2.45, 2.75) is 19.0 Å². The van der Waals surface area contributed by atoms with Gasteiger partial charge in [-0.3, -0.25) is 9.59 Å². The van der Waals surface area contributed by atoms with Gasteiger partial charge < -0.3 is 21.3 Å². The predicted molar refractivity (Wildman–Crippen MR) is 65.5 cm³/mol. The van der Waals surface area contributed by atoms with Crippen LogP contribution >= 0.6 is 0 Å². The summed E-state index contributed by atoms with van der Waals surface area (Å²) >= 11 is 0. The summed E-state index contributed by atoms with van der Waals surface area (Å²) in [5, 5.41) is 19.5. The maximum absolute atomic E-state index is 11.8. The van der Waals surface area contributed by atoms with Crippen LogP contribution in [0.1, 0.15) is 22.3 Å². The second-order valence-corrected chi connectivity index (χ2v) is 3.87. The highest BCUT2D eigenvalue weighted by Crippen LogP contribution is 2.05. The standard InChI is InChI=1S/C12H14N2O5/c13-6-7-2-1-3-8(4-7)11(17)14-9(12(18)19)5-10(15)16/h1-4,9H,5-6,13H2,(H,14,17)(H,15,16)(H,18,19). The van der Waals surface area contributed by atoms with Crippen LogP contribution < -0.4 is 11.1 Å². The third-order valence-electron chi connectivity index (χ3n) is 2.41. The molecule has 0 fully saturated rings. The zero-order chi connectivity index (χ0) is 14.4. The van der Waals surface area contributed by atoms with Gasteiger partial charge in [-0.25, -0.2) is 4.79 Å². The average Bonchev–Trinajstić information content (AvgIpc) is 2.37. The van der Waals surface area contributed by atoms with E-state index in [9.17, 15) is 14.4 Å². The second-order valence-electron chi connectivity index (χ2n) is 3.87. The first-order chi connectivity index (χ1) is 8.93. The lowest BCUT2D eigenvalue weighted by Gasteiger charge is -2.12. The molecule has 0 saturated heterocycles. The Balaban J connectivity index is 2.81. The van der Waals surface area contributed by atoms with Crippen molar-refractivity contribution < 1.29 is 24.6 Å². The van der Waals surface area contributed by atoms with Gasteiger partial charge in [0, 0.05) is 12.1 Å². The van der Waals surface area contributed by atoms with Gasteiger partial charge in [0.2, 0.25) is 0 Å². The van der Waals surface area contributed by atoms with Crippen LogP contribution in [-0.2, 0) is 16.1 Å². The first-order valence-corrected chi connectivity index (χ1v) is 5.48. The molecular formula is C12H14N2O5. The number of amides is 1. The van der Waals surface area contributed by atoms with Gasteiger partial charge in [0.25, 0.3) is 5.91 Å². The summed E-state index contributed by atoms with van der Waals surface area (Å²) in [5.41, 5.74) is 6.39. The molecule has 1 unspecified atom stereocenters. The molecule has 1 aromatic carbocycles. The van der Waals surface area contributed by atoms with Crippen LogP contribution in [-0.4, -0.2) is 34.1 Å². The van der Waals surface area contributed by atoms with E-state index in [1.807, 2.05) is 0 Å². The van der Waals surface area contributed by atoms with Crippen molar-refractivity contribution in [2.75, 3.05) is 0 Å². The number of benzene rings is 1. The van der Waals surface area contributed by atoms with E-state index in [0.29, 0.717) is 0 Å². The van der Waals surface area contributed by atoms with Gasteiger partial charge >= 0.3 is 11.9 Å². The van der Waals surface area contributed by atoms with Crippen LogP contribution in [0.5, 0.6) is 0 Å². The minimum atomic E-state index is -1.47. The normalized spacial score (nSPS) is 11.6. The molecule has 0 aliphatic heterocycles. The molecule has 5 N–H and O–H groups in total. The number of hydrogen-bond donors (Lipinski definition) is 4. The van der Waals surface area contributed by atoms with Crippen LogP contribution in [0.15, 0.2) is 24.3 Å². The Morgan fingerprint density at radius 3 is 2.47 bits per heavy atom. The fourth-order valence-electron chi connectivity index (χ4n) is 1.46. The van der Waals surface area contributed by atoms with E-state index in [2.05, 4.69) is 5.32 Å². The summed E-state index contributed by atoms with van der Waals surface area (Å²) in [5.74, 6) is -3.35. The van der Waals surface area contributed by atoms with Gasteiger partial charge in [-0.2, -0.15) is 0 Å². The number of nitrogens with two attached hydrogens (primary N) is 1. The van der Waals surface area contributed by atoms with Crippen molar-refractivity contribution in [3.63, 3.8) is 0 Å². The van der Waals surface area contributed by atoms with Crippen molar-refractivity contribution in [2.24, 2.45) is 5.73 Å². The molecule has 0 saturated carbocycles. The third-order valence-corrected chi connectivity index (χ3v) is 2.41. The number of aliphatic carboxylic acids is 2. The number of carboxylic acid groups (broad SMARTS) is 2. The molecule has 1 rings (SSSR count). The van der Waals surface area contributed by atoms with Crippen molar-refractivity contribution in [3.8, 4) is 0 Å². The molecule has 19 heavy (non-hydrogen) atoms. The summed E-state index contributed by atoms with van der Waals surface area (Å²) in [7, 11) is 0. The SMILES string of the molecule is NCc1cccc(C(=O)NC(CC(=O)O)C(=O)O)c1. The first kappa shape index (κ1) is 14.7. The minimum absolute atomic E-state index is 0.236. The quantitative estimate of drug-likeness (QED) is 0.564. The molecular weight excluding hydrogens is 252 g/mol. The van der Waals surface area contributed by atoms with E-state index in [0.717, 1.165) is 5.56 Å². The zero-order valence-electron chi connectivity index (χ0n) is 10.00. The lowest BCUT2D eigenvalue weighted by Crippen LogP contribution is -2.42. The van der Waals surface area contributed by atoms with Crippen molar-refractivity contribution >= 4 is 17.8 Å². The molecule has 0 heterocycles. The Kier molecular flexibility index (Phi) is 5.01. The Morgan fingerprint density at radius 2 is 1.95 bits per heavy atom. The number of carbonyl (C=O) groups excluding carboxylic acids is 1. The van der Waals surface area contributed by atoms with E-state index in [1.54, 1.807) is 12.1 Å². The molecule has 0 radical (unpaired) electrons. The van der Waals surface area contributed by atoms with Gasteiger partial charge in [-0.05, 0) is 17.7 Å². The molecule has 0 spiro atoms. The number of hydrogen-bond acceptors (Lipinski definition) is 4. The summed E-state index contributed by atoms with van der Waals surface area (Å²) in [6, 6.07) is 4.89. The lowest BCUT2D eigenvalue weighted by atomic mass is 10.1. The van der Waals surface area contributed by atoms with Crippen LogP contribution in [0.25, 0.3) is 0 Å². The zero-order valence-corrected chi connectivity index (χ0v) is 10.00. The number of carbonyl (C=O) groups is 3. The van der Waals surface area contributed by atoms with E-state index < -0.39 is 30.3 Å². The largest absolute Gasteiger partial charge is 0.481 e. The van der Waals surface area contributed by atoms with Crippen molar-refractivity contribution in [1.82, 2.24) is 5.32 Å². The smallest absolute Gasteiger partial charge is 0.326 e. The molecule has 7 heteroatoms. The molecule has 0 aliphatic rings. The summed E-state index contributed by atoms with van der Waals surface area (Å²) < 4.78 is 0. The molecule has 102 valence electrons. The fraction of sp³-hybridized carbons (Fsp3) is 0.250. The maximum Gasteiger partial charge on any atom is 0.326 e. The monoisotopic (exact) mass is 266 g/mol. The average molecular weight is 266 g/mol. The molecule has 0 bridgehead atoms. The minimum Gasteiger partial charge on any atom is -0.481 e. The van der Waals surface area contributed by atoms with Crippen LogP contribution in [0.3, 0.4) is 0 Å². The highest BCUT2D eigenvalue weighted by atomic mass is 16.4. The Morgan fingerprint density at radius 1 is 1.26 bits per heavy atom. The van der Waals surface area contributed by atoms with E-state index in [-0.39, 0.29) is 12.1 Å². The maximum atomic E-state index is 11.8. The summed E-state index contributed by atoms with van der Waals surface area (Å²) in [6.07, 6.45) is -0.683. The van der Waals surface area contributed by atoms with Crippen LogP contribution in [0.2, 0.25) is 0 Å². The molecule has 1 aromatic rings. The van der Waals surface area contributed by atoms with Crippen molar-refractivity contribution in [3.05, 3.63) is 35.4 Å². The molecule has 1 amide bonds. The highest BCUT2D eigenvalue weighted by molar-refractivity contribution is 5.97. The van der Waals surface area contributed by atoms with E-state index >= 15 is 0 Å². The Hall–Kier alpha value is -2.41. The fourth-order valence-corrected chi connectivity index (χ4v) is 1.46. The van der Waals surface area contributed by atoms with Gasteiger partial charge in [-0.1, -0.05) is 12.1 Å². The van der Waals surface area contributed by atoms with E-state index in [1.165, 1.54) is 12.1 Å². The van der Waals surface area contributed by atoms with Gasteiger partial charge in [0.1, 0.15) is 6.04 Å². The van der Waals surface area contributed by atoms with Crippen LogP contribution in [0.4, 0.5) is 0 Å². The molecule has 0 aromatic heterocycles. The van der Waals surface area contributed by atoms with E-state index in [4.69, 9.17) is 15.9 Å². The number of carboxylic acids is 2. The van der Waals surface area contributed by atoms with Crippen molar-refractivity contribution in [1.29, 1.82) is 0 Å². The topological polar surface area (TPSA) is 130 Å². The second kappa shape index (κ2) is 6.50. The molecule has 0 aliphatic carbocycles. The first-order valence-electron chi connectivity index (χ1n) is 5.48. The summed E-state index contributed by atoms with van der Waals surface area (Å²) in [4.78, 5) is 33.1. The number of rotatable bonds is 6. The predicted octanol–water partition coefficient (Wildman–Crippen LogP) is -0.197. The molecule has 7 nitrogen and oxygen atoms in total. The summed E-state index contributed by atoms with van der Waals surface area (Å²) in [6.45, 7) is 0.249. The van der Waals surface area contributed by atoms with Crippen LogP contribution in [0, 0.1) is 0 Å². The highest BCUT2D eigenvalue weighted by Gasteiger charge is 2.23. The number of nitrogens with one attached hydrogen (secondary N) is 1.